The van der Waals surface area contributed by atoms with Crippen molar-refractivity contribution in [1.82, 2.24) is 24.4 Å². The predicted octanol–water partition coefficient (Wildman–Crippen LogP) is 3.63. The van der Waals surface area contributed by atoms with Crippen LogP contribution in [0.1, 0.15) is 21.5 Å². The quantitative estimate of drug-likeness (QED) is 0.490. The molecule has 7 nitrogen and oxygen atoms in total. The molecule has 33 heavy (non-hydrogen) atoms. The molecule has 4 aromatic rings. The molecule has 0 unspecified atom stereocenters. The van der Waals surface area contributed by atoms with Crippen LogP contribution in [0.2, 0.25) is 0 Å². The lowest BCUT2D eigenvalue weighted by atomic mass is 10.0. The Balaban J connectivity index is 1.46. The van der Waals surface area contributed by atoms with E-state index >= 15 is 0 Å². The summed E-state index contributed by atoms with van der Waals surface area (Å²) in [6.45, 7) is 5.30. The van der Waals surface area contributed by atoms with E-state index < -0.39 is 0 Å². The molecule has 0 spiro atoms. The van der Waals surface area contributed by atoms with Crippen LogP contribution in [0.4, 0.5) is 0 Å². The van der Waals surface area contributed by atoms with Gasteiger partial charge in [-0.2, -0.15) is 10.4 Å². The number of carbonyl (C=O) groups is 1. The molecular weight excluding hydrogens is 412 g/mol. The molecule has 2 aromatic carbocycles. The van der Waals surface area contributed by atoms with Gasteiger partial charge >= 0.3 is 0 Å². The molecule has 3 heterocycles. The third-order valence-electron chi connectivity index (χ3n) is 6.22. The number of amides is 1. The molecule has 0 saturated carbocycles. The molecule has 1 aliphatic heterocycles. The molecule has 2 aromatic heterocycles. The van der Waals surface area contributed by atoms with Crippen LogP contribution in [0, 0.1) is 18.3 Å². The van der Waals surface area contributed by atoms with Crippen molar-refractivity contribution in [3.8, 4) is 28.6 Å². The number of nitrogens with zero attached hydrogens (tertiary/aromatic N) is 6. The maximum absolute atomic E-state index is 13.0. The summed E-state index contributed by atoms with van der Waals surface area (Å²) in [6.07, 6.45) is 1.79. The summed E-state index contributed by atoms with van der Waals surface area (Å²) < 4.78 is 1.81. The Morgan fingerprint density at radius 3 is 2.39 bits per heavy atom. The summed E-state index contributed by atoms with van der Waals surface area (Å²) >= 11 is 0. The second-order valence-corrected chi connectivity index (χ2v) is 8.45. The number of fused-ring (bicyclic) bond motifs is 1. The number of aryl methyl sites for hydroxylation is 1. The highest BCUT2D eigenvalue weighted by atomic mass is 16.2. The first kappa shape index (κ1) is 20.9. The molecule has 7 heteroatoms. The maximum atomic E-state index is 13.0. The van der Waals surface area contributed by atoms with Crippen LogP contribution in [0.25, 0.3) is 28.2 Å². The summed E-state index contributed by atoms with van der Waals surface area (Å²) in [4.78, 5) is 21.7. The number of aromatic nitrogens is 3. The van der Waals surface area contributed by atoms with E-state index in [1.165, 1.54) is 0 Å². The first-order chi connectivity index (χ1) is 16.0. The predicted molar refractivity (Wildman–Crippen MR) is 127 cm³/mol. The third kappa shape index (κ3) is 3.97. The Hall–Kier alpha value is -4.02. The molecule has 1 amide bonds. The van der Waals surface area contributed by atoms with Crippen LogP contribution >= 0.6 is 0 Å². The first-order valence-corrected chi connectivity index (χ1v) is 11.0. The zero-order valence-electron chi connectivity index (χ0n) is 18.7. The van der Waals surface area contributed by atoms with Crippen molar-refractivity contribution in [2.24, 2.45) is 0 Å². The van der Waals surface area contributed by atoms with E-state index in [-0.39, 0.29) is 5.91 Å². The van der Waals surface area contributed by atoms with E-state index in [0.717, 1.165) is 65.5 Å². The Morgan fingerprint density at radius 2 is 1.70 bits per heavy atom. The van der Waals surface area contributed by atoms with Gasteiger partial charge in [-0.05, 0) is 55.9 Å². The maximum Gasteiger partial charge on any atom is 0.254 e. The average molecular weight is 437 g/mol. The SMILES string of the molecule is Cc1cc(-c2ccc3ncc(-c4ccc(C#N)cc4)n3n2)ccc1C(=O)N1CCN(C)CC1. The molecule has 0 radical (unpaired) electrons. The van der Waals surface area contributed by atoms with Crippen molar-refractivity contribution in [3.63, 3.8) is 0 Å². The van der Waals surface area contributed by atoms with Gasteiger partial charge in [0.25, 0.3) is 5.91 Å². The zero-order chi connectivity index (χ0) is 22.9. The van der Waals surface area contributed by atoms with Crippen LogP contribution in [-0.4, -0.2) is 63.5 Å². The summed E-state index contributed by atoms with van der Waals surface area (Å²) in [7, 11) is 2.08. The van der Waals surface area contributed by atoms with Crippen molar-refractivity contribution >= 4 is 11.6 Å². The van der Waals surface area contributed by atoms with Gasteiger partial charge in [-0.3, -0.25) is 4.79 Å². The van der Waals surface area contributed by atoms with Crippen LogP contribution in [-0.2, 0) is 0 Å². The summed E-state index contributed by atoms with van der Waals surface area (Å²) in [6, 6.07) is 19.3. The second kappa shape index (κ2) is 8.49. The van der Waals surface area contributed by atoms with Gasteiger partial charge in [0.15, 0.2) is 5.65 Å². The number of imidazole rings is 1. The molecule has 0 atom stereocenters. The number of hydrogen-bond acceptors (Lipinski definition) is 5. The Morgan fingerprint density at radius 1 is 0.970 bits per heavy atom. The monoisotopic (exact) mass is 436 g/mol. The van der Waals surface area contributed by atoms with E-state index in [2.05, 4.69) is 23.0 Å². The largest absolute Gasteiger partial charge is 0.336 e. The fourth-order valence-electron chi connectivity index (χ4n) is 4.18. The van der Waals surface area contributed by atoms with Gasteiger partial charge in [0, 0.05) is 42.9 Å². The molecule has 1 aliphatic rings. The highest BCUT2D eigenvalue weighted by Crippen LogP contribution is 2.25. The van der Waals surface area contributed by atoms with Gasteiger partial charge in [-0.15, -0.1) is 0 Å². The molecule has 1 saturated heterocycles. The normalized spacial score (nSPS) is 14.4. The van der Waals surface area contributed by atoms with E-state index in [9.17, 15) is 4.79 Å². The molecule has 0 bridgehead atoms. The van der Waals surface area contributed by atoms with E-state index in [1.54, 1.807) is 18.3 Å². The van der Waals surface area contributed by atoms with Gasteiger partial charge in [-0.1, -0.05) is 18.2 Å². The number of piperazine rings is 1. The lowest BCUT2D eigenvalue weighted by molar-refractivity contribution is 0.0663. The lowest BCUT2D eigenvalue weighted by Gasteiger charge is -2.32. The standard InChI is InChI=1S/C26H24N6O/c1-18-15-21(7-8-22(18)26(33)31-13-11-30(2)12-14-31)23-9-10-25-28-17-24(32(25)29-23)20-5-3-19(16-27)4-6-20/h3-10,15,17H,11-14H2,1-2H3. The highest BCUT2D eigenvalue weighted by Gasteiger charge is 2.22. The fourth-order valence-corrected chi connectivity index (χ4v) is 4.18. The fraction of sp³-hybridized carbons (Fsp3) is 0.231. The van der Waals surface area contributed by atoms with Gasteiger partial charge in [0.2, 0.25) is 0 Å². The molecule has 164 valence electrons. The van der Waals surface area contributed by atoms with Crippen LogP contribution in [0.3, 0.4) is 0 Å². The summed E-state index contributed by atoms with van der Waals surface area (Å²) in [5.74, 6) is 0.0910. The number of rotatable bonds is 3. The van der Waals surface area contributed by atoms with Crippen molar-refractivity contribution in [3.05, 3.63) is 77.5 Å². The van der Waals surface area contributed by atoms with E-state index in [0.29, 0.717) is 5.56 Å². The number of benzene rings is 2. The highest BCUT2D eigenvalue weighted by molar-refractivity contribution is 5.96. The van der Waals surface area contributed by atoms with E-state index in [4.69, 9.17) is 10.4 Å². The number of nitriles is 1. The molecular formula is C26H24N6O. The third-order valence-corrected chi connectivity index (χ3v) is 6.22. The number of carbonyl (C=O) groups excluding carboxylic acids is 1. The van der Waals surface area contributed by atoms with Gasteiger partial charge < -0.3 is 9.80 Å². The van der Waals surface area contributed by atoms with Crippen LogP contribution in [0.15, 0.2) is 60.8 Å². The molecule has 1 fully saturated rings. The Labute approximate surface area is 192 Å². The number of hydrogen-bond donors (Lipinski definition) is 0. The number of likely N-dealkylation sites (N-methyl/N-ethyl adjacent to an activating group) is 1. The van der Waals surface area contributed by atoms with Gasteiger partial charge in [0.05, 0.1) is 29.2 Å². The summed E-state index contributed by atoms with van der Waals surface area (Å²) in [5, 5.41) is 13.9. The second-order valence-electron chi connectivity index (χ2n) is 8.45. The van der Waals surface area contributed by atoms with Crippen molar-refractivity contribution in [1.29, 1.82) is 5.26 Å². The van der Waals surface area contributed by atoms with Gasteiger partial charge in [-0.25, -0.2) is 9.50 Å². The first-order valence-electron chi connectivity index (χ1n) is 11.0. The summed E-state index contributed by atoms with van der Waals surface area (Å²) in [5.41, 5.74) is 6.59. The van der Waals surface area contributed by atoms with Crippen molar-refractivity contribution < 1.29 is 4.79 Å². The molecule has 5 rings (SSSR count). The van der Waals surface area contributed by atoms with Crippen molar-refractivity contribution in [2.45, 2.75) is 6.92 Å². The Kier molecular flexibility index (Phi) is 5.37. The minimum Gasteiger partial charge on any atom is -0.336 e. The minimum atomic E-state index is 0.0910. The zero-order valence-corrected chi connectivity index (χ0v) is 18.7. The average Bonchev–Trinajstić information content (AvgIpc) is 3.27. The Bertz CT molecular complexity index is 1370. The smallest absolute Gasteiger partial charge is 0.254 e. The topological polar surface area (TPSA) is 77.5 Å². The molecule has 0 aliphatic carbocycles. The van der Waals surface area contributed by atoms with Gasteiger partial charge in [0.1, 0.15) is 0 Å². The lowest BCUT2D eigenvalue weighted by Crippen LogP contribution is -2.47. The minimum absolute atomic E-state index is 0.0910. The van der Waals surface area contributed by atoms with Crippen molar-refractivity contribution in [2.75, 3.05) is 33.2 Å². The van der Waals surface area contributed by atoms with E-state index in [1.807, 2.05) is 58.8 Å². The molecule has 0 N–H and O–H groups in total. The van der Waals surface area contributed by atoms with Crippen LogP contribution in [0.5, 0.6) is 0 Å². The van der Waals surface area contributed by atoms with Crippen LogP contribution < -0.4 is 0 Å².